The molecule has 1 N–H and O–H groups in total. The van der Waals surface area contributed by atoms with Gasteiger partial charge in [0.05, 0.1) is 6.10 Å². The smallest absolute Gasteiger partial charge is 0.0830 e. The molecule has 0 saturated heterocycles. The molecule has 1 nitrogen and oxygen atoms in total. The van der Waals surface area contributed by atoms with Crippen LogP contribution in [0.3, 0.4) is 0 Å². The molecule has 0 aliphatic heterocycles. The standard InChI is InChI=1S/C18H14Br2O/c19-16-3-1-2-12(8-16)9-18(21)15-5-4-14-11-17(20)7-6-13(14)10-15/h1-8,10-11,18,21H,9H2. The number of hydrogen-bond donors (Lipinski definition) is 1. The number of halogens is 2. The molecule has 3 heteroatoms. The van der Waals surface area contributed by atoms with Gasteiger partial charge in [0.25, 0.3) is 0 Å². The lowest BCUT2D eigenvalue weighted by Gasteiger charge is -2.12. The van der Waals surface area contributed by atoms with Gasteiger partial charge in [-0.15, -0.1) is 0 Å². The van der Waals surface area contributed by atoms with Crippen LogP contribution in [-0.4, -0.2) is 5.11 Å². The molecule has 0 aliphatic carbocycles. The molecule has 0 spiro atoms. The second kappa shape index (κ2) is 6.30. The number of fused-ring (bicyclic) bond motifs is 1. The first-order valence-electron chi connectivity index (χ1n) is 6.73. The van der Waals surface area contributed by atoms with Gasteiger partial charge in [-0.1, -0.05) is 62.2 Å². The zero-order chi connectivity index (χ0) is 14.8. The summed E-state index contributed by atoms with van der Waals surface area (Å²) in [6.45, 7) is 0. The minimum Gasteiger partial charge on any atom is -0.388 e. The Morgan fingerprint density at radius 1 is 0.810 bits per heavy atom. The van der Waals surface area contributed by atoms with E-state index in [1.165, 1.54) is 5.39 Å². The molecular weight excluding hydrogens is 392 g/mol. The zero-order valence-corrected chi connectivity index (χ0v) is 14.4. The van der Waals surface area contributed by atoms with Gasteiger partial charge in [-0.2, -0.15) is 0 Å². The molecule has 0 amide bonds. The van der Waals surface area contributed by atoms with E-state index in [0.29, 0.717) is 6.42 Å². The SMILES string of the molecule is OC(Cc1cccc(Br)c1)c1ccc2cc(Br)ccc2c1. The molecule has 1 unspecified atom stereocenters. The van der Waals surface area contributed by atoms with E-state index in [1.54, 1.807) is 0 Å². The van der Waals surface area contributed by atoms with Gasteiger partial charge < -0.3 is 5.11 Å². The average molecular weight is 406 g/mol. The lowest BCUT2D eigenvalue weighted by Crippen LogP contribution is -2.01. The lowest BCUT2D eigenvalue weighted by molar-refractivity contribution is 0.178. The fourth-order valence-electron chi connectivity index (χ4n) is 2.45. The van der Waals surface area contributed by atoms with Crippen LogP contribution in [0.1, 0.15) is 17.2 Å². The Bertz CT molecular complexity index is 783. The van der Waals surface area contributed by atoms with Gasteiger partial charge >= 0.3 is 0 Å². The van der Waals surface area contributed by atoms with Crippen molar-refractivity contribution in [2.45, 2.75) is 12.5 Å². The summed E-state index contributed by atoms with van der Waals surface area (Å²) in [5.41, 5.74) is 2.07. The van der Waals surface area contributed by atoms with Crippen LogP contribution in [-0.2, 0) is 6.42 Å². The summed E-state index contributed by atoms with van der Waals surface area (Å²) in [5.74, 6) is 0. The van der Waals surface area contributed by atoms with Crippen LogP contribution in [0.25, 0.3) is 10.8 Å². The van der Waals surface area contributed by atoms with Crippen molar-refractivity contribution < 1.29 is 5.11 Å². The van der Waals surface area contributed by atoms with Crippen LogP contribution in [0.2, 0.25) is 0 Å². The van der Waals surface area contributed by atoms with Gasteiger partial charge in [-0.25, -0.2) is 0 Å². The van der Waals surface area contributed by atoms with Crippen molar-refractivity contribution in [2.75, 3.05) is 0 Å². The number of rotatable bonds is 3. The van der Waals surface area contributed by atoms with Crippen LogP contribution in [0, 0.1) is 0 Å². The van der Waals surface area contributed by atoms with Gasteiger partial charge in [0, 0.05) is 15.4 Å². The third-order valence-corrected chi connectivity index (χ3v) is 4.52. The van der Waals surface area contributed by atoms with Crippen LogP contribution in [0.5, 0.6) is 0 Å². The molecule has 0 bridgehead atoms. The first kappa shape index (κ1) is 14.8. The fraction of sp³-hybridized carbons (Fsp3) is 0.111. The van der Waals surface area contributed by atoms with Crippen LogP contribution >= 0.6 is 31.9 Å². The summed E-state index contributed by atoms with van der Waals surface area (Å²) in [7, 11) is 0. The van der Waals surface area contributed by atoms with E-state index in [0.717, 1.165) is 25.5 Å². The Morgan fingerprint density at radius 3 is 2.33 bits per heavy atom. The van der Waals surface area contributed by atoms with Gasteiger partial charge in [0.1, 0.15) is 0 Å². The first-order chi connectivity index (χ1) is 10.1. The molecule has 0 saturated carbocycles. The van der Waals surface area contributed by atoms with Crippen molar-refractivity contribution in [3.8, 4) is 0 Å². The molecule has 0 aliphatic rings. The molecule has 3 aromatic carbocycles. The molecule has 0 aromatic heterocycles. The maximum Gasteiger partial charge on any atom is 0.0830 e. The number of benzene rings is 3. The molecule has 0 heterocycles. The van der Waals surface area contributed by atoms with Gasteiger partial charge in [-0.3, -0.25) is 0 Å². The Kier molecular flexibility index (Phi) is 4.43. The highest BCUT2D eigenvalue weighted by Crippen LogP contribution is 2.26. The highest BCUT2D eigenvalue weighted by molar-refractivity contribution is 9.10. The van der Waals surface area contributed by atoms with E-state index in [9.17, 15) is 5.11 Å². The van der Waals surface area contributed by atoms with E-state index < -0.39 is 6.10 Å². The summed E-state index contributed by atoms with van der Waals surface area (Å²) < 4.78 is 2.10. The minimum absolute atomic E-state index is 0.493. The Morgan fingerprint density at radius 2 is 1.52 bits per heavy atom. The normalized spacial score (nSPS) is 12.5. The monoisotopic (exact) mass is 404 g/mol. The highest BCUT2D eigenvalue weighted by atomic mass is 79.9. The van der Waals surface area contributed by atoms with Crippen molar-refractivity contribution in [3.05, 3.63) is 80.7 Å². The minimum atomic E-state index is -0.493. The fourth-order valence-corrected chi connectivity index (χ4v) is 3.27. The number of aliphatic hydroxyl groups excluding tert-OH is 1. The second-order valence-corrected chi connectivity index (χ2v) is 6.93. The molecule has 1 atom stereocenters. The van der Waals surface area contributed by atoms with E-state index in [-0.39, 0.29) is 0 Å². The third kappa shape index (κ3) is 3.54. The average Bonchev–Trinajstić information content (AvgIpc) is 2.46. The predicted molar refractivity (Wildman–Crippen MR) is 94.5 cm³/mol. The van der Waals surface area contributed by atoms with Gasteiger partial charge in [-0.05, 0) is 52.2 Å². The van der Waals surface area contributed by atoms with E-state index in [1.807, 2.05) is 36.4 Å². The molecule has 21 heavy (non-hydrogen) atoms. The largest absolute Gasteiger partial charge is 0.388 e. The molecule has 3 rings (SSSR count). The molecule has 0 radical (unpaired) electrons. The van der Waals surface area contributed by atoms with Crippen LogP contribution in [0.15, 0.2) is 69.6 Å². The Balaban J connectivity index is 1.87. The van der Waals surface area contributed by atoms with Crippen molar-refractivity contribution in [1.82, 2.24) is 0 Å². The summed E-state index contributed by atoms with van der Waals surface area (Å²) in [4.78, 5) is 0. The second-order valence-electron chi connectivity index (χ2n) is 5.10. The maximum atomic E-state index is 10.5. The number of aliphatic hydroxyl groups is 1. The van der Waals surface area contributed by atoms with Gasteiger partial charge in [0.15, 0.2) is 0 Å². The van der Waals surface area contributed by atoms with Crippen molar-refractivity contribution in [3.63, 3.8) is 0 Å². The Labute approximate surface area is 140 Å². The topological polar surface area (TPSA) is 20.2 Å². The quantitative estimate of drug-likeness (QED) is 0.597. The summed E-state index contributed by atoms with van der Waals surface area (Å²) in [6, 6.07) is 20.3. The van der Waals surface area contributed by atoms with E-state index >= 15 is 0 Å². The molecule has 106 valence electrons. The summed E-state index contributed by atoms with van der Waals surface area (Å²) in [5, 5.41) is 12.8. The van der Waals surface area contributed by atoms with Crippen LogP contribution in [0.4, 0.5) is 0 Å². The van der Waals surface area contributed by atoms with Gasteiger partial charge in [0.2, 0.25) is 0 Å². The van der Waals surface area contributed by atoms with Crippen LogP contribution < -0.4 is 0 Å². The highest BCUT2D eigenvalue weighted by Gasteiger charge is 2.09. The Hall–Kier alpha value is -1.16. The number of hydrogen-bond acceptors (Lipinski definition) is 1. The molecular formula is C18H14Br2O. The van der Waals surface area contributed by atoms with Crippen molar-refractivity contribution >= 4 is 42.6 Å². The lowest BCUT2D eigenvalue weighted by atomic mass is 9.99. The van der Waals surface area contributed by atoms with Crippen molar-refractivity contribution in [2.24, 2.45) is 0 Å². The third-order valence-electron chi connectivity index (χ3n) is 3.53. The van der Waals surface area contributed by atoms with Crippen molar-refractivity contribution in [1.29, 1.82) is 0 Å². The summed E-state index contributed by atoms with van der Waals surface area (Å²) in [6.07, 6.45) is 0.119. The molecule has 3 aromatic rings. The van der Waals surface area contributed by atoms with E-state index in [4.69, 9.17) is 0 Å². The zero-order valence-electron chi connectivity index (χ0n) is 11.3. The maximum absolute atomic E-state index is 10.5. The van der Waals surface area contributed by atoms with E-state index in [2.05, 4.69) is 56.1 Å². The predicted octanol–water partition coefficient (Wildman–Crippen LogP) is 5.64. The molecule has 0 fully saturated rings. The first-order valence-corrected chi connectivity index (χ1v) is 8.32. The summed E-state index contributed by atoms with van der Waals surface area (Å²) >= 11 is 6.94.